The van der Waals surface area contributed by atoms with Crippen molar-refractivity contribution >= 4 is 11.6 Å². The molecule has 1 heterocycles. The number of piperidine rings is 1. The highest BCUT2D eigenvalue weighted by molar-refractivity contribution is 6.17. The standard InChI is InChI=1S/C13H24ClNO2/c14-6-9-17-10-8-15-7-5-13(16)4-2-1-3-12(13)11-15/h12,16H,1-11H2. The van der Waals surface area contributed by atoms with E-state index in [9.17, 15) is 5.11 Å². The molecular weight excluding hydrogens is 238 g/mol. The van der Waals surface area contributed by atoms with Gasteiger partial charge in [0, 0.05) is 31.4 Å². The van der Waals surface area contributed by atoms with E-state index in [0.29, 0.717) is 18.4 Å². The number of rotatable bonds is 5. The maximum Gasteiger partial charge on any atom is 0.0700 e. The van der Waals surface area contributed by atoms with E-state index >= 15 is 0 Å². The average Bonchev–Trinajstić information content (AvgIpc) is 2.34. The fourth-order valence-corrected chi connectivity index (χ4v) is 3.30. The minimum atomic E-state index is -0.355. The zero-order valence-corrected chi connectivity index (χ0v) is 11.3. The molecule has 0 radical (unpaired) electrons. The van der Waals surface area contributed by atoms with Gasteiger partial charge in [0.05, 0.1) is 18.8 Å². The number of likely N-dealkylation sites (tertiary alicyclic amines) is 1. The van der Waals surface area contributed by atoms with E-state index in [1.165, 1.54) is 19.3 Å². The van der Waals surface area contributed by atoms with Crippen LogP contribution in [-0.2, 0) is 4.74 Å². The molecule has 0 amide bonds. The lowest BCUT2D eigenvalue weighted by Crippen LogP contribution is -2.53. The maximum atomic E-state index is 10.5. The lowest BCUT2D eigenvalue weighted by atomic mass is 9.71. The third-order valence-corrected chi connectivity index (χ3v) is 4.44. The number of nitrogens with zero attached hydrogens (tertiary/aromatic N) is 1. The summed E-state index contributed by atoms with van der Waals surface area (Å²) in [5, 5.41) is 10.5. The Hall–Kier alpha value is 0.170. The molecule has 1 aliphatic heterocycles. The molecule has 2 aliphatic rings. The van der Waals surface area contributed by atoms with Crippen molar-refractivity contribution in [2.75, 3.05) is 38.7 Å². The van der Waals surface area contributed by atoms with Crippen LogP contribution in [0.25, 0.3) is 0 Å². The Morgan fingerprint density at radius 3 is 3.00 bits per heavy atom. The number of hydrogen-bond donors (Lipinski definition) is 1. The highest BCUT2D eigenvalue weighted by Gasteiger charge is 2.42. The second-order valence-electron chi connectivity index (χ2n) is 5.40. The molecule has 1 N–H and O–H groups in total. The molecule has 0 aromatic carbocycles. The minimum absolute atomic E-state index is 0.355. The number of halogens is 1. The van der Waals surface area contributed by atoms with Crippen molar-refractivity contribution in [3.63, 3.8) is 0 Å². The summed E-state index contributed by atoms with van der Waals surface area (Å²) in [5.41, 5.74) is -0.355. The summed E-state index contributed by atoms with van der Waals surface area (Å²) in [7, 11) is 0. The average molecular weight is 262 g/mol. The molecule has 2 unspecified atom stereocenters. The normalized spacial score (nSPS) is 34.6. The molecule has 4 heteroatoms. The Balaban J connectivity index is 1.73. The molecule has 17 heavy (non-hydrogen) atoms. The molecule has 1 saturated carbocycles. The van der Waals surface area contributed by atoms with Crippen molar-refractivity contribution in [2.45, 2.75) is 37.7 Å². The number of fused-ring (bicyclic) bond motifs is 1. The van der Waals surface area contributed by atoms with Crippen LogP contribution >= 0.6 is 11.6 Å². The van der Waals surface area contributed by atoms with Crippen molar-refractivity contribution in [3.05, 3.63) is 0 Å². The van der Waals surface area contributed by atoms with E-state index < -0.39 is 0 Å². The molecule has 0 aromatic rings. The predicted molar refractivity (Wildman–Crippen MR) is 69.5 cm³/mol. The largest absolute Gasteiger partial charge is 0.390 e. The van der Waals surface area contributed by atoms with E-state index in [2.05, 4.69) is 4.90 Å². The van der Waals surface area contributed by atoms with Gasteiger partial charge in [-0.15, -0.1) is 11.6 Å². The third kappa shape index (κ3) is 3.57. The summed E-state index contributed by atoms with van der Waals surface area (Å²) in [4.78, 5) is 2.43. The highest BCUT2D eigenvalue weighted by atomic mass is 35.5. The zero-order chi connectivity index (χ0) is 12.1. The molecule has 0 aromatic heterocycles. The predicted octanol–water partition coefficient (Wildman–Crippen LogP) is 1.87. The first-order valence-electron chi connectivity index (χ1n) is 6.83. The van der Waals surface area contributed by atoms with Gasteiger partial charge in [-0.1, -0.05) is 12.8 Å². The Bertz CT molecular complexity index is 239. The van der Waals surface area contributed by atoms with Crippen LogP contribution in [0, 0.1) is 5.92 Å². The lowest BCUT2D eigenvalue weighted by Gasteiger charge is -2.47. The van der Waals surface area contributed by atoms with Crippen LogP contribution < -0.4 is 0 Å². The van der Waals surface area contributed by atoms with Crippen LogP contribution in [0.4, 0.5) is 0 Å². The molecule has 0 bridgehead atoms. The first-order valence-corrected chi connectivity index (χ1v) is 7.36. The number of ether oxygens (including phenoxy) is 1. The first-order chi connectivity index (χ1) is 8.24. The summed E-state index contributed by atoms with van der Waals surface area (Å²) < 4.78 is 5.41. The quantitative estimate of drug-likeness (QED) is 0.606. The third-order valence-electron chi connectivity index (χ3n) is 4.29. The molecule has 2 atom stereocenters. The van der Waals surface area contributed by atoms with Gasteiger partial charge in [0.25, 0.3) is 0 Å². The Morgan fingerprint density at radius 2 is 2.18 bits per heavy atom. The van der Waals surface area contributed by atoms with Gasteiger partial charge in [-0.05, 0) is 19.3 Å². The first kappa shape index (κ1) is 13.6. The lowest BCUT2D eigenvalue weighted by molar-refractivity contribution is -0.0976. The van der Waals surface area contributed by atoms with E-state index in [1.807, 2.05) is 0 Å². The molecule has 1 aliphatic carbocycles. The van der Waals surface area contributed by atoms with Crippen LogP contribution in [0.3, 0.4) is 0 Å². The van der Waals surface area contributed by atoms with Gasteiger partial charge >= 0.3 is 0 Å². The van der Waals surface area contributed by atoms with Crippen LogP contribution in [0.5, 0.6) is 0 Å². The van der Waals surface area contributed by atoms with E-state index in [1.54, 1.807) is 0 Å². The van der Waals surface area contributed by atoms with Crippen molar-refractivity contribution in [1.29, 1.82) is 0 Å². The summed E-state index contributed by atoms with van der Waals surface area (Å²) in [6, 6.07) is 0. The fourth-order valence-electron chi connectivity index (χ4n) is 3.19. The fraction of sp³-hybridized carbons (Fsp3) is 1.00. The summed E-state index contributed by atoms with van der Waals surface area (Å²) in [5.74, 6) is 1.06. The molecule has 2 fully saturated rings. The number of alkyl halides is 1. The van der Waals surface area contributed by atoms with Crippen molar-refractivity contribution in [1.82, 2.24) is 4.90 Å². The van der Waals surface area contributed by atoms with Crippen LogP contribution in [0.15, 0.2) is 0 Å². The van der Waals surface area contributed by atoms with Gasteiger partial charge in [-0.3, -0.25) is 0 Å². The summed E-state index contributed by atoms with van der Waals surface area (Å²) in [6.07, 6.45) is 5.62. The van der Waals surface area contributed by atoms with Gasteiger partial charge in [0.2, 0.25) is 0 Å². The second kappa shape index (κ2) is 6.37. The molecule has 2 rings (SSSR count). The molecule has 3 nitrogen and oxygen atoms in total. The summed E-state index contributed by atoms with van der Waals surface area (Å²) in [6.45, 7) is 4.43. The topological polar surface area (TPSA) is 32.7 Å². The summed E-state index contributed by atoms with van der Waals surface area (Å²) >= 11 is 5.56. The Kier molecular flexibility index (Phi) is 5.10. The molecule has 0 spiro atoms. The van der Waals surface area contributed by atoms with Gasteiger partial charge in [-0.25, -0.2) is 0 Å². The van der Waals surface area contributed by atoms with E-state index in [-0.39, 0.29) is 5.60 Å². The van der Waals surface area contributed by atoms with Gasteiger partial charge in [0.1, 0.15) is 0 Å². The van der Waals surface area contributed by atoms with Gasteiger partial charge in [-0.2, -0.15) is 0 Å². The van der Waals surface area contributed by atoms with Gasteiger partial charge < -0.3 is 14.7 Å². The van der Waals surface area contributed by atoms with Gasteiger partial charge in [0.15, 0.2) is 0 Å². The van der Waals surface area contributed by atoms with Crippen molar-refractivity contribution in [3.8, 4) is 0 Å². The highest BCUT2D eigenvalue weighted by Crippen LogP contribution is 2.39. The molecular formula is C13H24ClNO2. The maximum absolute atomic E-state index is 10.5. The Labute approximate surface area is 109 Å². The Morgan fingerprint density at radius 1 is 1.29 bits per heavy atom. The van der Waals surface area contributed by atoms with Crippen LogP contribution in [0.2, 0.25) is 0 Å². The van der Waals surface area contributed by atoms with Crippen molar-refractivity contribution < 1.29 is 9.84 Å². The second-order valence-corrected chi connectivity index (χ2v) is 5.78. The SMILES string of the molecule is OC12CCCCC1CN(CCOCCCl)CC2. The van der Waals surface area contributed by atoms with Crippen molar-refractivity contribution in [2.24, 2.45) is 5.92 Å². The number of hydrogen-bond acceptors (Lipinski definition) is 3. The minimum Gasteiger partial charge on any atom is -0.390 e. The molecule has 100 valence electrons. The van der Waals surface area contributed by atoms with Crippen LogP contribution in [-0.4, -0.2) is 54.3 Å². The zero-order valence-electron chi connectivity index (χ0n) is 10.5. The number of aliphatic hydroxyl groups is 1. The van der Waals surface area contributed by atoms with E-state index in [0.717, 1.165) is 39.1 Å². The monoisotopic (exact) mass is 261 g/mol. The van der Waals surface area contributed by atoms with E-state index in [4.69, 9.17) is 16.3 Å². The van der Waals surface area contributed by atoms with Crippen LogP contribution in [0.1, 0.15) is 32.1 Å². The molecule has 1 saturated heterocycles. The smallest absolute Gasteiger partial charge is 0.0700 e.